The molecule has 1 aliphatic rings. The first-order chi connectivity index (χ1) is 9.22. The van der Waals surface area contributed by atoms with Crippen molar-refractivity contribution in [2.45, 2.75) is 19.4 Å². The lowest BCUT2D eigenvalue weighted by Gasteiger charge is -2.22. The van der Waals surface area contributed by atoms with Gasteiger partial charge in [0.1, 0.15) is 4.47 Å². The van der Waals surface area contributed by atoms with Crippen LogP contribution >= 0.6 is 27.7 Å². The Bertz CT molecular complexity index is 497. The molecule has 0 radical (unpaired) electrons. The van der Waals surface area contributed by atoms with Crippen molar-refractivity contribution in [2.24, 2.45) is 5.92 Å². The van der Waals surface area contributed by atoms with Crippen LogP contribution in [0.15, 0.2) is 28.1 Å². The summed E-state index contributed by atoms with van der Waals surface area (Å²) in [5.41, 5.74) is 0.660. The van der Waals surface area contributed by atoms with Gasteiger partial charge in [0.05, 0.1) is 18.4 Å². The highest BCUT2D eigenvalue weighted by atomic mass is 79.9. The maximum Gasteiger partial charge on any atom is 0.283 e. The van der Waals surface area contributed by atoms with Crippen molar-refractivity contribution in [2.75, 3.05) is 23.4 Å². The Labute approximate surface area is 125 Å². The van der Waals surface area contributed by atoms with Crippen LogP contribution in [0.25, 0.3) is 0 Å². The molecule has 1 aromatic heterocycles. The van der Waals surface area contributed by atoms with Crippen LogP contribution in [0.3, 0.4) is 0 Å². The molecule has 1 aliphatic heterocycles. The third kappa shape index (κ3) is 3.86. The number of hydrogen-bond acceptors (Lipinski definition) is 4. The molecule has 2 rings (SSSR count). The fraction of sp³-hybridized carbons (Fsp3) is 0.538. The minimum atomic E-state index is -0.121. The number of thioether (sulfide) groups is 1. The van der Waals surface area contributed by atoms with Crippen LogP contribution in [0.1, 0.15) is 12.8 Å². The predicted molar refractivity (Wildman–Crippen MR) is 84.9 cm³/mol. The molecule has 1 N–H and O–H groups in total. The van der Waals surface area contributed by atoms with Gasteiger partial charge >= 0.3 is 0 Å². The van der Waals surface area contributed by atoms with Crippen LogP contribution in [-0.4, -0.2) is 27.8 Å². The fourth-order valence-electron chi connectivity index (χ4n) is 2.05. The monoisotopic (exact) mass is 343 g/mol. The van der Waals surface area contributed by atoms with Crippen LogP contribution in [0.5, 0.6) is 0 Å². The molecular formula is C13H18BrN3OS. The van der Waals surface area contributed by atoms with E-state index in [4.69, 9.17) is 0 Å². The van der Waals surface area contributed by atoms with Crippen LogP contribution in [0, 0.1) is 5.92 Å². The Morgan fingerprint density at radius 2 is 2.32 bits per heavy atom. The zero-order valence-corrected chi connectivity index (χ0v) is 13.2. The van der Waals surface area contributed by atoms with E-state index in [1.165, 1.54) is 29.0 Å². The van der Waals surface area contributed by atoms with Gasteiger partial charge in [-0.15, -0.1) is 6.58 Å². The van der Waals surface area contributed by atoms with Crippen molar-refractivity contribution in [1.29, 1.82) is 0 Å². The van der Waals surface area contributed by atoms with Gasteiger partial charge in [-0.05, 0) is 46.2 Å². The minimum absolute atomic E-state index is 0.121. The quantitative estimate of drug-likeness (QED) is 0.835. The van der Waals surface area contributed by atoms with E-state index in [-0.39, 0.29) is 5.56 Å². The summed E-state index contributed by atoms with van der Waals surface area (Å²) in [6.07, 6.45) is 5.85. The van der Waals surface area contributed by atoms with Gasteiger partial charge in [-0.1, -0.05) is 6.08 Å². The molecule has 6 heteroatoms. The van der Waals surface area contributed by atoms with E-state index in [1.54, 1.807) is 12.3 Å². The third-order valence-corrected chi connectivity index (χ3v) is 5.02. The smallest absolute Gasteiger partial charge is 0.283 e. The molecule has 0 aliphatic carbocycles. The first kappa shape index (κ1) is 14.7. The Kier molecular flexibility index (Phi) is 5.51. The molecule has 0 aromatic carbocycles. The van der Waals surface area contributed by atoms with Crippen molar-refractivity contribution in [3.8, 4) is 0 Å². The summed E-state index contributed by atoms with van der Waals surface area (Å²) < 4.78 is 1.94. The van der Waals surface area contributed by atoms with Crippen molar-refractivity contribution in [1.82, 2.24) is 9.78 Å². The number of halogens is 1. The van der Waals surface area contributed by atoms with E-state index in [0.717, 1.165) is 12.2 Å². The summed E-state index contributed by atoms with van der Waals surface area (Å²) in [5.74, 6) is 3.18. The molecule has 4 nitrogen and oxygen atoms in total. The maximum atomic E-state index is 12.0. The van der Waals surface area contributed by atoms with E-state index in [1.807, 2.05) is 11.8 Å². The van der Waals surface area contributed by atoms with Crippen LogP contribution in [-0.2, 0) is 6.54 Å². The summed E-state index contributed by atoms with van der Waals surface area (Å²) in [5, 5.41) is 7.46. The van der Waals surface area contributed by atoms with E-state index >= 15 is 0 Å². The molecule has 0 spiro atoms. The number of nitrogens with one attached hydrogen (secondary N) is 1. The SMILES string of the molecule is C=CCn1ncc(NCC2CCSCC2)c(Br)c1=O. The maximum absolute atomic E-state index is 12.0. The molecule has 0 unspecified atom stereocenters. The Balaban J connectivity index is 2.02. The number of rotatable bonds is 5. The van der Waals surface area contributed by atoms with Gasteiger partial charge in [0.2, 0.25) is 0 Å². The normalized spacial score (nSPS) is 16.3. The Morgan fingerprint density at radius 1 is 1.58 bits per heavy atom. The number of hydrogen-bond donors (Lipinski definition) is 1. The van der Waals surface area contributed by atoms with Crippen molar-refractivity contribution in [3.63, 3.8) is 0 Å². The molecule has 19 heavy (non-hydrogen) atoms. The molecule has 1 fully saturated rings. The van der Waals surface area contributed by atoms with Crippen molar-refractivity contribution < 1.29 is 0 Å². The largest absolute Gasteiger partial charge is 0.382 e. The highest BCUT2D eigenvalue weighted by molar-refractivity contribution is 9.10. The standard InChI is InChI=1S/C13H18BrN3OS/c1-2-5-17-13(18)12(14)11(9-16-17)15-8-10-3-6-19-7-4-10/h2,9-10,15H,1,3-8H2. The molecule has 1 aromatic rings. The second-order valence-electron chi connectivity index (χ2n) is 4.58. The molecule has 2 heterocycles. The highest BCUT2D eigenvalue weighted by Gasteiger charge is 2.14. The van der Waals surface area contributed by atoms with Crippen LogP contribution < -0.4 is 10.9 Å². The van der Waals surface area contributed by atoms with Crippen molar-refractivity contribution in [3.05, 3.63) is 33.7 Å². The Hall–Kier alpha value is -0.750. The zero-order chi connectivity index (χ0) is 13.7. The lowest BCUT2D eigenvalue weighted by molar-refractivity contribution is 0.515. The first-order valence-electron chi connectivity index (χ1n) is 6.40. The van der Waals surface area contributed by atoms with Gasteiger partial charge in [-0.25, -0.2) is 4.68 Å². The average molecular weight is 344 g/mol. The van der Waals surface area contributed by atoms with Crippen molar-refractivity contribution >= 4 is 33.4 Å². The third-order valence-electron chi connectivity index (χ3n) is 3.21. The topological polar surface area (TPSA) is 46.9 Å². The van der Waals surface area contributed by atoms with E-state index in [0.29, 0.717) is 16.9 Å². The first-order valence-corrected chi connectivity index (χ1v) is 8.35. The minimum Gasteiger partial charge on any atom is -0.382 e. The lowest BCUT2D eigenvalue weighted by atomic mass is 10.0. The summed E-state index contributed by atoms with van der Waals surface area (Å²) in [6, 6.07) is 0. The van der Waals surface area contributed by atoms with Crippen LogP contribution in [0.2, 0.25) is 0 Å². The molecular weight excluding hydrogens is 326 g/mol. The predicted octanol–water partition coefficient (Wildman–Crippen LogP) is 2.75. The fourth-order valence-corrected chi connectivity index (χ4v) is 3.70. The number of anilines is 1. The van der Waals surface area contributed by atoms with Crippen LogP contribution in [0.4, 0.5) is 5.69 Å². The van der Waals surface area contributed by atoms with Gasteiger partial charge in [-0.3, -0.25) is 4.79 Å². The van der Waals surface area contributed by atoms with Gasteiger partial charge in [0.15, 0.2) is 0 Å². The second kappa shape index (κ2) is 7.14. The molecule has 104 valence electrons. The second-order valence-corrected chi connectivity index (χ2v) is 6.60. The number of allylic oxidation sites excluding steroid dienone is 1. The summed E-state index contributed by atoms with van der Waals surface area (Å²) in [7, 11) is 0. The Morgan fingerprint density at radius 3 is 3.00 bits per heavy atom. The zero-order valence-electron chi connectivity index (χ0n) is 10.8. The van der Waals surface area contributed by atoms with Gasteiger partial charge in [0, 0.05) is 6.54 Å². The van der Waals surface area contributed by atoms with Gasteiger partial charge < -0.3 is 5.32 Å². The lowest BCUT2D eigenvalue weighted by Crippen LogP contribution is -2.25. The molecule has 0 saturated carbocycles. The van der Waals surface area contributed by atoms with E-state index in [2.05, 4.69) is 32.9 Å². The number of aromatic nitrogens is 2. The summed E-state index contributed by atoms with van der Waals surface area (Å²) in [6.45, 7) is 4.95. The summed E-state index contributed by atoms with van der Waals surface area (Å²) >= 11 is 5.37. The van der Waals surface area contributed by atoms with Gasteiger partial charge in [-0.2, -0.15) is 16.9 Å². The highest BCUT2D eigenvalue weighted by Crippen LogP contribution is 2.24. The number of nitrogens with zero attached hydrogens (tertiary/aromatic N) is 2. The summed E-state index contributed by atoms with van der Waals surface area (Å²) in [4.78, 5) is 12.0. The molecule has 0 bridgehead atoms. The van der Waals surface area contributed by atoms with Gasteiger partial charge in [0.25, 0.3) is 5.56 Å². The molecule has 1 saturated heterocycles. The average Bonchev–Trinajstić information content (AvgIpc) is 2.44. The van der Waals surface area contributed by atoms with E-state index < -0.39 is 0 Å². The molecule has 0 atom stereocenters. The molecule has 0 amide bonds. The van der Waals surface area contributed by atoms with E-state index in [9.17, 15) is 4.79 Å².